The fraction of sp³-hybridized carbons (Fsp3) is 0.455. The minimum absolute atomic E-state index is 0.0291. The molecule has 7 heteroatoms. The van der Waals surface area contributed by atoms with Crippen molar-refractivity contribution in [2.45, 2.75) is 0 Å². The Balaban J connectivity index is 2.24. The van der Waals surface area contributed by atoms with Gasteiger partial charge < -0.3 is 10.1 Å². The summed E-state index contributed by atoms with van der Waals surface area (Å²) in [6, 6.07) is 2.96. The highest BCUT2D eigenvalue weighted by molar-refractivity contribution is 7.90. The van der Waals surface area contributed by atoms with Crippen LogP contribution in [0.15, 0.2) is 18.2 Å². The van der Waals surface area contributed by atoms with E-state index in [1.54, 1.807) is 0 Å². The van der Waals surface area contributed by atoms with Gasteiger partial charge >= 0.3 is 0 Å². The molecule has 4 nitrogen and oxygen atoms in total. The van der Waals surface area contributed by atoms with Gasteiger partial charge in [0.2, 0.25) is 0 Å². The van der Waals surface area contributed by atoms with Gasteiger partial charge in [-0.1, -0.05) is 0 Å². The van der Waals surface area contributed by atoms with Crippen molar-refractivity contribution in [1.29, 1.82) is 0 Å². The van der Waals surface area contributed by atoms with Gasteiger partial charge in [-0.3, -0.25) is 0 Å². The van der Waals surface area contributed by atoms with Gasteiger partial charge in [-0.2, -0.15) is 0 Å². The number of benzene rings is 1. The fourth-order valence-electron chi connectivity index (χ4n) is 1.20. The third-order valence-corrected chi connectivity index (χ3v) is 3.02. The van der Waals surface area contributed by atoms with Crippen LogP contribution in [0.4, 0.5) is 8.78 Å². The molecule has 0 aromatic heterocycles. The molecule has 0 heterocycles. The molecule has 0 amide bonds. The molecule has 0 aliphatic carbocycles. The zero-order valence-corrected chi connectivity index (χ0v) is 10.8. The predicted molar refractivity (Wildman–Crippen MR) is 64.4 cm³/mol. The summed E-state index contributed by atoms with van der Waals surface area (Å²) in [4.78, 5) is 0. The van der Waals surface area contributed by atoms with E-state index in [4.69, 9.17) is 4.74 Å². The topological polar surface area (TPSA) is 55.4 Å². The summed E-state index contributed by atoms with van der Waals surface area (Å²) < 4.78 is 52.5. The van der Waals surface area contributed by atoms with Crippen molar-refractivity contribution in [3.63, 3.8) is 0 Å². The second-order valence-electron chi connectivity index (χ2n) is 3.80. The minimum atomic E-state index is -2.99. The number of hydrogen-bond acceptors (Lipinski definition) is 4. The van der Waals surface area contributed by atoms with Crippen LogP contribution in [0, 0.1) is 11.6 Å². The maximum atomic E-state index is 13.1. The number of hydrogen-bond donors (Lipinski definition) is 1. The number of ether oxygens (including phenoxy) is 1. The van der Waals surface area contributed by atoms with Crippen LogP contribution >= 0.6 is 0 Å². The average Bonchev–Trinajstić information content (AvgIpc) is 2.26. The van der Waals surface area contributed by atoms with Crippen LogP contribution < -0.4 is 10.1 Å². The van der Waals surface area contributed by atoms with Crippen LogP contribution in [0.3, 0.4) is 0 Å². The largest absolute Gasteiger partial charge is 0.489 e. The number of halogens is 2. The van der Waals surface area contributed by atoms with Gasteiger partial charge in [-0.05, 0) is 12.1 Å². The lowest BCUT2D eigenvalue weighted by molar-refractivity contribution is 0.298. The van der Waals surface area contributed by atoms with E-state index >= 15 is 0 Å². The molecule has 0 saturated carbocycles. The Bertz CT molecular complexity index is 491. The first-order valence-corrected chi connectivity index (χ1v) is 7.41. The van der Waals surface area contributed by atoms with Gasteiger partial charge in [0, 0.05) is 25.4 Å². The van der Waals surface area contributed by atoms with Crippen LogP contribution in [-0.4, -0.2) is 40.1 Å². The van der Waals surface area contributed by atoms with Crippen molar-refractivity contribution in [2.24, 2.45) is 0 Å². The molecule has 102 valence electrons. The Morgan fingerprint density at radius 2 is 2.00 bits per heavy atom. The third-order valence-electron chi connectivity index (χ3n) is 2.08. The van der Waals surface area contributed by atoms with Gasteiger partial charge in [0.15, 0.2) is 11.6 Å². The predicted octanol–water partition coefficient (Wildman–Crippen LogP) is 0.978. The van der Waals surface area contributed by atoms with E-state index in [1.807, 2.05) is 0 Å². The van der Waals surface area contributed by atoms with E-state index < -0.39 is 21.5 Å². The first-order valence-electron chi connectivity index (χ1n) is 5.35. The lowest BCUT2D eigenvalue weighted by atomic mass is 10.3. The molecular formula is C11H15F2NO3S. The Morgan fingerprint density at radius 1 is 1.28 bits per heavy atom. The molecule has 0 bridgehead atoms. The summed E-state index contributed by atoms with van der Waals surface area (Å²) in [5, 5.41) is 2.83. The average molecular weight is 279 g/mol. The second-order valence-corrected chi connectivity index (χ2v) is 6.06. The molecule has 0 saturated heterocycles. The Morgan fingerprint density at radius 3 is 2.67 bits per heavy atom. The van der Waals surface area contributed by atoms with Gasteiger partial charge in [0.1, 0.15) is 22.3 Å². The van der Waals surface area contributed by atoms with Crippen LogP contribution in [0.25, 0.3) is 0 Å². The molecule has 0 atom stereocenters. The molecular weight excluding hydrogens is 264 g/mol. The minimum Gasteiger partial charge on any atom is -0.489 e. The molecule has 18 heavy (non-hydrogen) atoms. The van der Waals surface area contributed by atoms with E-state index in [0.717, 1.165) is 24.5 Å². The van der Waals surface area contributed by atoms with Crippen molar-refractivity contribution in [2.75, 3.05) is 31.7 Å². The number of nitrogens with one attached hydrogen (secondary N) is 1. The van der Waals surface area contributed by atoms with E-state index in [1.165, 1.54) is 0 Å². The van der Waals surface area contributed by atoms with E-state index in [2.05, 4.69) is 5.32 Å². The first kappa shape index (κ1) is 14.8. The van der Waals surface area contributed by atoms with E-state index in [-0.39, 0.29) is 18.1 Å². The molecule has 0 aliphatic rings. The number of sulfone groups is 1. The maximum absolute atomic E-state index is 13.1. The first-order chi connectivity index (χ1) is 8.38. The Hall–Kier alpha value is -1.21. The van der Waals surface area contributed by atoms with Gasteiger partial charge in [0.25, 0.3) is 0 Å². The van der Waals surface area contributed by atoms with Crippen LogP contribution in [0.2, 0.25) is 0 Å². The molecule has 0 spiro atoms. The normalized spacial score (nSPS) is 11.5. The number of rotatable bonds is 7. The van der Waals surface area contributed by atoms with Gasteiger partial charge in [0.05, 0.1) is 5.75 Å². The summed E-state index contributed by atoms with van der Waals surface area (Å²) in [6.07, 6.45) is 1.15. The van der Waals surface area contributed by atoms with Crippen LogP contribution in [-0.2, 0) is 9.84 Å². The lowest BCUT2D eigenvalue weighted by Crippen LogP contribution is -2.26. The summed E-state index contributed by atoms with van der Waals surface area (Å²) in [5.74, 6) is -1.33. The monoisotopic (exact) mass is 279 g/mol. The second kappa shape index (κ2) is 6.65. The molecule has 1 rings (SSSR count). The standard InChI is InChI=1S/C11H15F2NO3S/c1-18(15,16)7-5-14-4-6-17-11-8-9(12)2-3-10(11)13/h2-3,8,14H,4-7H2,1H3. The highest BCUT2D eigenvalue weighted by Gasteiger charge is 2.04. The van der Waals surface area contributed by atoms with Gasteiger partial charge in [-0.25, -0.2) is 17.2 Å². The van der Waals surface area contributed by atoms with Crippen molar-refractivity contribution in [1.82, 2.24) is 5.32 Å². The quantitative estimate of drug-likeness (QED) is 0.756. The summed E-state index contributed by atoms with van der Waals surface area (Å²) in [5.41, 5.74) is 0. The van der Waals surface area contributed by atoms with Crippen molar-refractivity contribution < 1.29 is 21.9 Å². The summed E-state index contributed by atoms with van der Waals surface area (Å²) in [6.45, 7) is 0.781. The highest BCUT2D eigenvalue weighted by atomic mass is 32.2. The van der Waals surface area contributed by atoms with Crippen molar-refractivity contribution in [3.05, 3.63) is 29.8 Å². The SMILES string of the molecule is CS(=O)(=O)CCNCCOc1cc(F)ccc1F. The third kappa shape index (κ3) is 5.92. The molecule has 0 aliphatic heterocycles. The summed E-state index contributed by atoms with van der Waals surface area (Å²) >= 11 is 0. The highest BCUT2D eigenvalue weighted by Crippen LogP contribution is 2.17. The Labute approximate surface area is 105 Å². The van der Waals surface area contributed by atoms with Crippen molar-refractivity contribution in [3.8, 4) is 5.75 Å². The fourth-order valence-corrected chi connectivity index (χ4v) is 1.72. The molecule has 0 radical (unpaired) electrons. The molecule has 1 N–H and O–H groups in total. The Kier molecular flexibility index (Phi) is 5.49. The summed E-state index contributed by atoms with van der Waals surface area (Å²) in [7, 11) is -2.99. The van der Waals surface area contributed by atoms with Crippen molar-refractivity contribution >= 4 is 9.84 Å². The molecule has 0 fully saturated rings. The zero-order valence-electron chi connectivity index (χ0n) is 9.95. The van der Waals surface area contributed by atoms with Gasteiger partial charge in [-0.15, -0.1) is 0 Å². The van der Waals surface area contributed by atoms with E-state index in [9.17, 15) is 17.2 Å². The smallest absolute Gasteiger partial charge is 0.165 e. The van der Waals surface area contributed by atoms with Crippen LogP contribution in [0.1, 0.15) is 0 Å². The van der Waals surface area contributed by atoms with E-state index in [0.29, 0.717) is 13.1 Å². The zero-order chi connectivity index (χ0) is 13.6. The van der Waals surface area contributed by atoms with Crippen LogP contribution in [0.5, 0.6) is 5.75 Å². The molecule has 1 aromatic carbocycles. The molecule has 1 aromatic rings. The molecule has 0 unspecified atom stereocenters. The lowest BCUT2D eigenvalue weighted by Gasteiger charge is -2.08. The maximum Gasteiger partial charge on any atom is 0.165 e.